The summed E-state index contributed by atoms with van der Waals surface area (Å²) in [6, 6.07) is 19.0. The fraction of sp³-hybridized carbons (Fsp3) is 0.194. The largest absolute Gasteiger partial charge is 0.481 e. The second-order valence-corrected chi connectivity index (χ2v) is 10.5. The molecule has 2 aromatic carbocycles. The number of carbonyl (C=O) groups excluding carboxylic acids is 1. The Morgan fingerprint density at radius 2 is 1.74 bits per heavy atom. The summed E-state index contributed by atoms with van der Waals surface area (Å²) in [5.41, 5.74) is 5.84. The van der Waals surface area contributed by atoms with Crippen molar-refractivity contribution in [2.45, 2.75) is 19.4 Å². The van der Waals surface area contributed by atoms with Crippen LogP contribution in [-0.2, 0) is 11.3 Å². The van der Waals surface area contributed by atoms with Gasteiger partial charge in [-0.15, -0.1) is 0 Å². The normalized spacial score (nSPS) is 13.1. The number of carbonyl (C=O) groups is 1. The van der Waals surface area contributed by atoms with Crippen LogP contribution in [0.4, 0.5) is 11.5 Å². The van der Waals surface area contributed by atoms with Gasteiger partial charge in [-0.1, -0.05) is 59.6 Å². The van der Waals surface area contributed by atoms with Gasteiger partial charge in [0, 0.05) is 48.0 Å². The van der Waals surface area contributed by atoms with Gasteiger partial charge in [0.2, 0.25) is 11.8 Å². The van der Waals surface area contributed by atoms with E-state index < -0.39 is 0 Å². The van der Waals surface area contributed by atoms with Gasteiger partial charge in [0.15, 0.2) is 5.82 Å². The number of aromatic nitrogens is 4. The van der Waals surface area contributed by atoms with Gasteiger partial charge in [-0.05, 0) is 30.7 Å². The number of rotatable bonds is 9. The maximum atomic E-state index is 11.9. The van der Waals surface area contributed by atoms with E-state index in [2.05, 4.69) is 25.6 Å². The highest BCUT2D eigenvalue weighted by Gasteiger charge is 2.20. The molecule has 42 heavy (non-hydrogen) atoms. The Hall–Kier alpha value is -4.31. The van der Waals surface area contributed by atoms with Crippen LogP contribution in [0.3, 0.4) is 0 Å². The molecule has 9 nitrogen and oxygen atoms in total. The molecule has 3 aromatic heterocycles. The minimum atomic E-state index is 0.179. The number of methoxy groups -OCH3 is 1. The molecule has 1 fully saturated rings. The number of hydrogen-bond acceptors (Lipinski definition) is 8. The maximum Gasteiger partial charge on any atom is 0.223 e. The van der Waals surface area contributed by atoms with Crippen LogP contribution in [0.5, 0.6) is 5.88 Å². The Labute approximate surface area is 252 Å². The molecular weight excluding hydrogens is 573 g/mol. The summed E-state index contributed by atoms with van der Waals surface area (Å²) in [5.74, 6) is 1.22. The molecule has 6 rings (SSSR count). The van der Waals surface area contributed by atoms with Crippen molar-refractivity contribution in [1.29, 1.82) is 0 Å². The number of likely N-dealkylation sites (tertiary alicyclic amines) is 1. The Morgan fingerprint density at radius 3 is 2.55 bits per heavy atom. The number of ether oxygens (including phenoxy) is 1. The van der Waals surface area contributed by atoms with Gasteiger partial charge in [0.25, 0.3) is 0 Å². The van der Waals surface area contributed by atoms with Gasteiger partial charge in [-0.3, -0.25) is 15.1 Å². The van der Waals surface area contributed by atoms with Crippen LogP contribution in [-0.4, -0.2) is 51.1 Å². The molecule has 1 aliphatic heterocycles. The van der Waals surface area contributed by atoms with Crippen molar-refractivity contribution in [3.63, 3.8) is 0 Å². The molecule has 0 atom stereocenters. The van der Waals surface area contributed by atoms with Crippen molar-refractivity contribution in [2.24, 2.45) is 0 Å². The molecule has 0 bridgehead atoms. The first-order valence-electron chi connectivity index (χ1n) is 13.5. The number of nitrogens with zero attached hydrogens (tertiary/aromatic N) is 5. The summed E-state index contributed by atoms with van der Waals surface area (Å²) in [7, 11) is 1.59. The van der Waals surface area contributed by atoms with E-state index in [1.807, 2.05) is 65.6 Å². The second-order valence-electron chi connectivity index (χ2n) is 9.76. The Morgan fingerprint density at radius 1 is 0.929 bits per heavy atom. The molecule has 5 aromatic rings. The van der Waals surface area contributed by atoms with Crippen molar-refractivity contribution in [3.05, 3.63) is 88.8 Å². The summed E-state index contributed by atoms with van der Waals surface area (Å²) < 4.78 is 5.61. The molecule has 4 heterocycles. The monoisotopic (exact) mass is 599 g/mol. The predicted octanol–water partition coefficient (Wildman–Crippen LogP) is 6.48. The van der Waals surface area contributed by atoms with Gasteiger partial charge < -0.3 is 15.0 Å². The molecule has 11 heteroatoms. The van der Waals surface area contributed by atoms with Crippen LogP contribution >= 0.6 is 23.2 Å². The molecule has 0 spiro atoms. The zero-order chi connectivity index (χ0) is 29.1. The van der Waals surface area contributed by atoms with Crippen LogP contribution in [0, 0.1) is 0 Å². The van der Waals surface area contributed by atoms with Crippen molar-refractivity contribution in [3.8, 4) is 28.3 Å². The Kier molecular flexibility index (Phi) is 8.14. The Balaban J connectivity index is 1.27. The van der Waals surface area contributed by atoms with Crippen molar-refractivity contribution in [2.75, 3.05) is 25.6 Å². The van der Waals surface area contributed by atoms with Gasteiger partial charge in [0.1, 0.15) is 11.8 Å². The van der Waals surface area contributed by atoms with E-state index >= 15 is 0 Å². The second kappa shape index (κ2) is 12.3. The fourth-order valence-corrected chi connectivity index (χ4v) is 5.61. The quantitative estimate of drug-likeness (QED) is 0.198. The maximum absolute atomic E-state index is 11.9. The summed E-state index contributed by atoms with van der Waals surface area (Å²) in [5, 5.41) is 7.62. The number of pyridine rings is 2. The van der Waals surface area contributed by atoms with Gasteiger partial charge >= 0.3 is 0 Å². The third-order valence-electron chi connectivity index (χ3n) is 7.13. The van der Waals surface area contributed by atoms with Crippen LogP contribution in [0.1, 0.15) is 18.4 Å². The van der Waals surface area contributed by atoms with Gasteiger partial charge in [-0.2, -0.15) is 0 Å². The number of halogens is 2. The number of fused-ring (bicyclic) bond motifs is 1. The standard InChI is InChI=1S/C31H27Cl2N7O2/c1-42-31-19(16-34-18-40-15-5-11-26(40)41)12-13-23(39-31)22-8-2-6-20(27(22)32)21-7-3-9-24(28(21)33)38-30-29-25(36-17-37-30)10-4-14-35-29/h2-4,6-10,12-14,17,34H,5,11,15-16,18H2,1H3,(H,36,37,38). The first-order chi connectivity index (χ1) is 20.5. The molecular formula is C31H27Cl2N7O2. The highest BCUT2D eigenvalue weighted by molar-refractivity contribution is 6.39. The van der Waals surface area contributed by atoms with Gasteiger partial charge in [-0.25, -0.2) is 15.0 Å². The molecule has 0 unspecified atom stereocenters. The molecule has 1 aliphatic rings. The molecule has 0 radical (unpaired) electrons. The minimum absolute atomic E-state index is 0.179. The van der Waals surface area contributed by atoms with E-state index in [1.54, 1.807) is 13.3 Å². The third kappa shape index (κ3) is 5.59. The van der Waals surface area contributed by atoms with E-state index in [9.17, 15) is 4.79 Å². The van der Waals surface area contributed by atoms with E-state index in [0.29, 0.717) is 58.3 Å². The molecule has 1 saturated heterocycles. The number of benzene rings is 2. The highest BCUT2D eigenvalue weighted by atomic mass is 35.5. The SMILES string of the molecule is COc1nc(-c2cccc(-c3cccc(Nc4ncnc5cccnc45)c3Cl)c2Cl)ccc1CNCN1CCCC1=O. The predicted molar refractivity (Wildman–Crippen MR) is 165 cm³/mol. The van der Waals surface area contributed by atoms with Crippen molar-refractivity contribution >= 4 is 51.6 Å². The van der Waals surface area contributed by atoms with Crippen LogP contribution in [0.2, 0.25) is 10.0 Å². The number of anilines is 2. The molecule has 2 N–H and O–H groups in total. The summed E-state index contributed by atoms with van der Waals surface area (Å²) >= 11 is 13.9. The lowest BCUT2D eigenvalue weighted by atomic mass is 10.00. The summed E-state index contributed by atoms with van der Waals surface area (Å²) in [6.07, 6.45) is 4.71. The van der Waals surface area contributed by atoms with Crippen LogP contribution in [0.25, 0.3) is 33.4 Å². The van der Waals surface area contributed by atoms with Gasteiger partial charge in [0.05, 0.1) is 40.7 Å². The fourth-order valence-electron chi connectivity index (χ4n) is 5.01. The molecule has 0 aliphatic carbocycles. The average Bonchev–Trinajstić information content (AvgIpc) is 3.43. The van der Waals surface area contributed by atoms with E-state index in [4.69, 9.17) is 32.9 Å². The zero-order valence-corrected chi connectivity index (χ0v) is 24.3. The zero-order valence-electron chi connectivity index (χ0n) is 22.8. The molecule has 0 saturated carbocycles. The topological polar surface area (TPSA) is 105 Å². The number of hydrogen-bond donors (Lipinski definition) is 2. The Bertz CT molecular complexity index is 1780. The lowest BCUT2D eigenvalue weighted by molar-refractivity contribution is -0.128. The van der Waals surface area contributed by atoms with Crippen molar-refractivity contribution < 1.29 is 9.53 Å². The summed E-state index contributed by atoms with van der Waals surface area (Å²) in [6.45, 7) is 1.80. The summed E-state index contributed by atoms with van der Waals surface area (Å²) in [4.78, 5) is 31.5. The molecule has 1 amide bonds. The number of amides is 1. The van der Waals surface area contributed by atoms with Crippen LogP contribution < -0.4 is 15.4 Å². The first kappa shape index (κ1) is 27.8. The molecule has 212 valence electrons. The average molecular weight is 601 g/mol. The number of nitrogens with one attached hydrogen (secondary N) is 2. The van der Waals surface area contributed by atoms with Crippen LogP contribution in [0.15, 0.2) is 73.2 Å². The van der Waals surface area contributed by atoms with E-state index in [-0.39, 0.29) is 5.91 Å². The minimum Gasteiger partial charge on any atom is -0.481 e. The van der Waals surface area contributed by atoms with E-state index in [1.165, 1.54) is 6.33 Å². The first-order valence-corrected chi connectivity index (χ1v) is 14.2. The highest BCUT2D eigenvalue weighted by Crippen LogP contribution is 2.42. The van der Waals surface area contributed by atoms with E-state index in [0.717, 1.165) is 40.7 Å². The lowest BCUT2D eigenvalue weighted by Gasteiger charge is -2.17. The smallest absolute Gasteiger partial charge is 0.223 e. The lowest BCUT2D eigenvalue weighted by Crippen LogP contribution is -2.34. The van der Waals surface area contributed by atoms with Crippen molar-refractivity contribution in [1.82, 2.24) is 30.2 Å². The third-order valence-corrected chi connectivity index (χ3v) is 7.95.